The van der Waals surface area contributed by atoms with Crippen LogP contribution in [-0.4, -0.2) is 31.1 Å². The van der Waals surface area contributed by atoms with Crippen LogP contribution >= 0.6 is 0 Å². The fraction of sp³-hybridized carbons (Fsp3) is 0.400. The van der Waals surface area contributed by atoms with Gasteiger partial charge in [-0.2, -0.15) is 4.98 Å². The molecule has 0 atom stereocenters. The van der Waals surface area contributed by atoms with Crippen LogP contribution in [0.5, 0.6) is 0 Å². The van der Waals surface area contributed by atoms with Crippen molar-refractivity contribution < 1.29 is 22.1 Å². The SMILES string of the molecule is CC(C)CCCc1nc(-c2ccc(S(=O)(=O)Nc3ccc(NC(=O)C(C)(C)CF)cc3)cc2)no1. The van der Waals surface area contributed by atoms with Gasteiger partial charge in [-0.05, 0) is 74.7 Å². The zero-order chi connectivity index (χ0) is 25.6. The summed E-state index contributed by atoms with van der Waals surface area (Å²) in [6, 6.07) is 12.3. The molecular formula is C25H31FN4O4S. The van der Waals surface area contributed by atoms with E-state index in [9.17, 15) is 17.6 Å². The Morgan fingerprint density at radius 1 is 1.06 bits per heavy atom. The number of anilines is 2. The molecular weight excluding hydrogens is 471 g/mol. The van der Waals surface area contributed by atoms with Gasteiger partial charge in [0.05, 0.1) is 10.3 Å². The third-order valence-electron chi connectivity index (χ3n) is 5.41. The number of nitrogens with one attached hydrogen (secondary N) is 2. The highest BCUT2D eigenvalue weighted by atomic mass is 32.2. The molecule has 1 heterocycles. The van der Waals surface area contributed by atoms with E-state index in [1.54, 1.807) is 24.3 Å². The number of alkyl halides is 1. The highest BCUT2D eigenvalue weighted by Gasteiger charge is 2.27. The van der Waals surface area contributed by atoms with Crippen molar-refractivity contribution in [2.24, 2.45) is 11.3 Å². The molecule has 0 spiro atoms. The summed E-state index contributed by atoms with van der Waals surface area (Å²) in [5, 5.41) is 6.61. The maximum Gasteiger partial charge on any atom is 0.261 e. The molecule has 0 aliphatic rings. The standard InChI is InChI=1S/C25H31FN4O4S/c1-17(2)6-5-7-22-28-23(29-34-22)18-8-14-21(15-9-18)35(32,33)30-20-12-10-19(11-13-20)27-24(31)25(3,4)16-26/h8-15,17,30H,5-7,16H2,1-4H3,(H,27,31). The number of carbonyl (C=O) groups excluding carboxylic acids is 1. The molecule has 0 radical (unpaired) electrons. The predicted molar refractivity (Wildman–Crippen MR) is 133 cm³/mol. The van der Waals surface area contributed by atoms with Crippen molar-refractivity contribution in [2.75, 3.05) is 16.7 Å². The van der Waals surface area contributed by atoms with Gasteiger partial charge in [-0.3, -0.25) is 9.52 Å². The number of rotatable bonds is 11. The molecule has 8 nitrogen and oxygen atoms in total. The topological polar surface area (TPSA) is 114 Å². The van der Waals surface area contributed by atoms with Gasteiger partial charge in [-0.1, -0.05) is 25.4 Å². The third-order valence-corrected chi connectivity index (χ3v) is 6.80. The number of hydrogen-bond donors (Lipinski definition) is 2. The van der Waals surface area contributed by atoms with Gasteiger partial charge in [0.2, 0.25) is 17.6 Å². The van der Waals surface area contributed by atoms with Crippen molar-refractivity contribution in [1.29, 1.82) is 0 Å². The Hall–Kier alpha value is -3.27. The highest BCUT2D eigenvalue weighted by molar-refractivity contribution is 7.92. The molecule has 1 aromatic heterocycles. The van der Waals surface area contributed by atoms with Crippen LogP contribution in [0.15, 0.2) is 57.9 Å². The maximum atomic E-state index is 13.0. The van der Waals surface area contributed by atoms with Gasteiger partial charge >= 0.3 is 0 Å². The van der Waals surface area contributed by atoms with Crippen molar-refractivity contribution in [3.8, 4) is 11.4 Å². The molecule has 0 unspecified atom stereocenters. The number of sulfonamides is 1. The molecule has 2 N–H and O–H groups in total. The van der Waals surface area contributed by atoms with E-state index in [-0.39, 0.29) is 4.90 Å². The average Bonchev–Trinajstić information content (AvgIpc) is 3.29. The van der Waals surface area contributed by atoms with Crippen LogP contribution in [-0.2, 0) is 21.2 Å². The van der Waals surface area contributed by atoms with Crippen LogP contribution in [0, 0.1) is 11.3 Å². The lowest BCUT2D eigenvalue weighted by Gasteiger charge is -2.19. The van der Waals surface area contributed by atoms with E-state index in [1.807, 2.05) is 0 Å². The second-order valence-corrected chi connectivity index (χ2v) is 11.2. The van der Waals surface area contributed by atoms with E-state index in [0.29, 0.717) is 41.0 Å². The number of halogens is 1. The van der Waals surface area contributed by atoms with Crippen LogP contribution in [0.1, 0.15) is 46.4 Å². The Morgan fingerprint density at radius 3 is 2.29 bits per heavy atom. The number of carbonyl (C=O) groups is 1. The third kappa shape index (κ3) is 7.11. The molecule has 0 aliphatic carbocycles. The van der Waals surface area contributed by atoms with Gasteiger partial charge in [0.25, 0.3) is 10.0 Å². The smallest absolute Gasteiger partial charge is 0.261 e. The zero-order valence-electron chi connectivity index (χ0n) is 20.3. The number of hydrogen-bond acceptors (Lipinski definition) is 6. The zero-order valence-corrected chi connectivity index (χ0v) is 21.2. The van der Waals surface area contributed by atoms with Gasteiger partial charge < -0.3 is 9.84 Å². The summed E-state index contributed by atoms with van der Waals surface area (Å²) in [6.45, 7) is 6.54. The maximum absolute atomic E-state index is 13.0. The van der Waals surface area contributed by atoms with Gasteiger partial charge in [0.1, 0.15) is 6.67 Å². The summed E-state index contributed by atoms with van der Waals surface area (Å²) in [5.74, 6) is 1.12. The summed E-state index contributed by atoms with van der Waals surface area (Å²) < 4.78 is 46.4. The first-order chi connectivity index (χ1) is 16.5. The van der Waals surface area contributed by atoms with E-state index in [0.717, 1.165) is 12.8 Å². The molecule has 3 aromatic rings. The average molecular weight is 503 g/mol. The molecule has 35 heavy (non-hydrogen) atoms. The Kier molecular flexibility index (Phi) is 8.26. The molecule has 0 saturated carbocycles. The first-order valence-corrected chi connectivity index (χ1v) is 12.9. The molecule has 10 heteroatoms. The molecule has 0 saturated heterocycles. The lowest BCUT2D eigenvalue weighted by Crippen LogP contribution is -2.32. The van der Waals surface area contributed by atoms with Crippen molar-refractivity contribution in [3.05, 3.63) is 54.4 Å². The van der Waals surface area contributed by atoms with Crippen molar-refractivity contribution >= 4 is 27.3 Å². The number of aryl methyl sites for hydroxylation is 1. The first-order valence-electron chi connectivity index (χ1n) is 11.4. The number of nitrogens with zero attached hydrogens (tertiary/aromatic N) is 2. The van der Waals surface area contributed by atoms with E-state index in [2.05, 4.69) is 34.0 Å². The van der Waals surface area contributed by atoms with Crippen molar-refractivity contribution in [3.63, 3.8) is 0 Å². The molecule has 2 aromatic carbocycles. The monoisotopic (exact) mass is 502 g/mol. The largest absolute Gasteiger partial charge is 0.339 e. The van der Waals surface area contributed by atoms with E-state index in [4.69, 9.17) is 4.52 Å². The first kappa shape index (κ1) is 26.3. The number of amides is 1. The predicted octanol–water partition coefficient (Wildman–Crippen LogP) is 5.45. The van der Waals surface area contributed by atoms with E-state index >= 15 is 0 Å². The normalized spacial score (nSPS) is 12.1. The van der Waals surface area contributed by atoms with Crippen LogP contribution in [0.2, 0.25) is 0 Å². The second-order valence-electron chi connectivity index (χ2n) is 9.48. The molecule has 0 fully saturated rings. The van der Waals surface area contributed by atoms with Crippen LogP contribution in [0.25, 0.3) is 11.4 Å². The summed E-state index contributed by atoms with van der Waals surface area (Å²) in [6.07, 6.45) is 2.74. The summed E-state index contributed by atoms with van der Waals surface area (Å²) >= 11 is 0. The summed E-state index contributed by atoms with van der Waals surface area (Å²) in [5.41, 5.74) is 0.260. The van der Waals surface area contributed by atoms with Crippen LogP contribution in [0.3, 0.4) is 0 Å². The summed E-state index contributed by atoms with van der Waals surface area (Å²) in [4.78, 5) is 16.6. The lowest BCUT2D eigenvalue weighted by atomic mass is 9.94. The van der Waals surface area contributed by atoms with Gasteiger partial charge in [-0.25, -0.2) is 12.8 Å². The number of benzene rings is 2. The van der Waals surface area contributed by atoms with E-state index < -0.39 is 28.0 Å². The molecule has 188 valence electrons. The molecule has 0 aliphatic heterocycles. The van der Waals surface area contributed by atoms with Gasteiger partial charge in [-0.15, -0.1) is 0 Å². The summed E-state index contributed by atoms with van der Waals surface area (Å²) in [7, 11) is -3.84. The van der Waals surface area contributed by atoms with Gasteiger partial charge in [0.15, 0.2) is 0 Å². The lowest BCUT2D eigenvalue weighted by molar-refractivity contribution is -0.124. The Balaban J connectivity index is 1.63. The Labute approximate surface area is 205 Å². The minimum atomic E-state index is -3.84. The minimum Gasteiger partial charge on any atom is -0.339 e. The van der Waals surface area contributed by atoms with Crippen molar-refractivity contribution in [2.45, 2.75) is 51.9 Å². The molecule has 0 bridgehead atoms. The fourth-order valence-electron chi connectivity index (χ4n) is 3.12. The van der Waals surface area contributed by atoms with Gasteiger partial charge in [0, 0.05) is 23.4 Å². The van der Waals surface area contributed by atoms with Crippen molar-refractivity contribution in [1.82, 2.24) is 10.1 Å². The Morgan fingerprint density at radius 2 is 1.69 bits per heavy atom. The second kappa shape index (κ2) is 11.0. The fourth-order valence-corrected chi connectivity index (χ4v) is 4.17. The molecule has 1 amide bonds. The number of aromatic nitrogens is 2. The van der Waals surface area contributed by atoms with E-state index in [1.165, 1.54) is 38.1 Å². The minimum absolute atomic E-state index is 0.0731. The van der Waals surface area contributed by atoms with Crippen LogP contribution < -0.4 is 10.0 Å². The highest BCUT2D eigenvalue weighted by Crippen LogP contribution is 2.24. The molecule has 3 rings (SSSR count). The Bertz CT molecular complexity index is 1240. The quantitative estimate of drug-likeness (QED) is 0.360. The van der Waals surface area contributed by atoms with Crippen LogP contribution in [0.4, 0.5) is 15.8 Å².